The average Bonchev–Trinajstić information content (AvgIpc) is 2.89. The number of rotatable bonds is 2. The van der Waals surface area contributed by atoms with Crippen molar-refractivity contribution in [2.75, 3.05) is 6.61 Å². The van der Waals surface area contributed by atoms with Crippen molar-refractivity contribution in [2.45, 2.75) is 6.04 Å². The molecule has 0 fully saturated rings. The van der Waals surface area contributed by atoms with E-state index in [1.165, 1.54) is 18.2 Å². The maximum Gasteiger partial charge on any atom is 0.223 e. The van der Waals surface area contributed by atoms with Crippen molar-refractivity contribution in [3.8, 4) is 5.75 Å². The molecule has 0 radical (unpaired) electrons. The Bertz CT molecular complexity index is 605. The highest BCUT2D eigenvalue weighted by molar-refractivity contribution is 5.98. The largest absolute Gasteiger partial charge is 0.507 e. The first kappa shape index (κ1) is 11.7. The third kappa shape index (κ3) is 2.17. The number of aromatic hydroxyl groups is 1. The average molecular weight is 257 g/mol. The molecule has 0 saturated carbocycles. The van der Waals surface area contributed by atoms with Crippen molar-refractivity contribution in [1.82, 2.24) is 0 Å². The number of hydrogen-bond donors (Lipinski definition) is 1. The molecule has 19 heavy (non-hydrogen) atoms. The molecule has 0 spiro atoms. The van der Waals surface area contributed by atoms with Gasteiger partial charge in [0.1, 0.15) is 29.8 Å². The Labute approximate surface area is 110 Å². The molecule has 3 rings (SSSR count). The third-order valence-corrected chi connectivity index (χ3v) is 3.04. The van der Waals surface area contributed by atoms with E-state index in [1.807, 2.05) is 30.3 Å². The molecule has 96 valence electrons. The van der Waals surface area contributed by atoms with Gasteiger partial charge in [-0.1, -0.05) is 36.4 Å². The molecule has 0 amide bonds. The number of benzene rings is 2. The Morgan fingerprint density at radius 1 is 1.11 bits per heavy atom. The molecular weight excluding hydrogens is 245 g/mol. The van der Waals surface area contributed by atoms with Crippen LogP contribution < -0.4 is 0 Å². The summed E-state index contributed by atoms with van der Waals surface area (Å²) < 4.78 is 19.1. The van der Waals surface area contributed by atoms with E-state index < -0.39 is 5.82 Å². The molecule has 2 aromatic rings. The molecule has 1 N–H and O–H groups in total. The van der Waals surface area contributed by atoms with Gasteiger partial charge in [0.05, 0.1) is 0 Å². The quantitative estimate of drug-likeness (QED) is 0.898. The van der Waals surface area contributed by atoms with Crippen LogP contribution >= 0.6 is 0 Å². The second-order valence-corrected chi connectivity index (χ2v) is 4.31. The zero-order chi connectivity index (χ0) is 13.2. The van der Waals surface area contributed by atoms with Gasteiger partial charge in [0.25, 0.3) is 0 Å². The van der Waals surface area contributed by atoms with Crippen molar-refractivity contribution >= 4 is 5.90 Å². The lowest BCUT2D eigenvalue weighted by Crippen LogP contribution is -2.04. The third-order valence-electron chi connectivity index (χ3n) is 3.04. The molecule has 0 unspecified atom stereocenters. The predicted molar refractivity (Wildman–Crippen MR) is 69.7 cm³/mol. The molecule has 0 aliphatic carbocycles. The van der Waals surface area contributed by atoms with Gasteiger partial charge in [-0.2, -0.15) is 0 Å². The first-order valence-corrected chi connectivity index (χ1v) is 5.99. The van der Waals surface area contributed by atoms with E-state index in [9.17, 15) is 9.50 Å². The van der Waals surface area contributed by atoms with Crippen LogP contribution in [0.1, 0.15) is 17.2 Å². The summed E-state index contributed by atoms with van der Waals surface area (Å²) >= 11 is 0. The van der Waals surface area contributed by atoms with Crippen LogP contribution in [0.4, 0.5) is 4.39 Å². The van der Waals surface area contributed by atoms with Crippen molar-refractivity contribution in [2.24, 2.45) is 4.99 Å². The Balaban J connectivity index is 1.96. The summed E-state index contributed by atoms with van der Waals surface area (Å²) in [4.78, 5) is 4.34. The van der Waals surface area contributed by atoms with E-state index in [-0.39, 0.29) is 23.3 Å². The molecule has 1 heterocycles. The highest BCUT2D eigenvalue weighted by atomic mass is 19.1. The van der Waals surface area contributed by atoms with E-state index >= 15 is 0 Å². The van der Waals surface area contributed by atoms with Gasteiger partial charge >= 0.3 is 0 Å². The molecular formula is C15H12FNO2. The van der Waals surface area contributed by atoms with Crippen LogP contribution in [0.5, 0.6) is 5.75 Å². The van der Waals surface area contributed by atoms with Gasteiger partial charge < -0.3 is 9.84 Å². The second-order valence-electron chi connectivity index (χ2n) is 4.31. The minimum Gasteiger partial charge on any atom is -0.507 e. The van der Waals surface area contributed by atoms with E-state index in [4.69, 9.17) is 4.74 Å². The fourth-order valence-electron chi connectivity index (χ4n) is 2.08. The first-order chi connectivity index (χ1) is 9.25. The minimum atomic E-state index is -0.535. The van der Waals surface area contributed by atoms with Crippen molar-refractivity contribution < 1.29 is 14.2 Å². The molecule has 1 aliphatic rings. The number of phenols is 1. The molecule has 0 bridgehead atoms. The molecule has 1 aliphatic heterocycles. The van der Waals surface area contributed by atoms with Gasteiger partial charge in [0, 0.05) is 0 Å². The SMILES string of the molecule is Oc1cccc(F)c1C1=N[C@@H](c2ccccc2)CO1. The number of phenolic OH excluding ortho intramolecular Hbond substituents is 1. The van der Waals surface area contributed by atoms with Gasteiger partial charge in [-0.15, -0.1) is 0 Å². The smallest absolute Gasteiger partial charge is 0.223 e. The lowest BCUT2D eigenvalue weighted by atomic mass is 10.1. The summed E-state index contributed by atoms with van der Waals surface area (Å²) in [5, 5.41) is 9.71. The van der Waals surface area contributed by atoms with Crippen LogP contribution in [0.15, 0.2) is 53.5 Å². The summed E-state index contributed by atoms with van der Waals surface area (Å²) in [5.41, 5.74) is 1.04. The Hall–Kier alpha value is -2.36. The van der Waals surface area contributed by atoms with Gasteiger partial charge in [-0.3, -0.25) is 0 Å². The monoisotopic (exact) mass is 257 g/mol. The summed E-state index contributed by atoms with van der Waals surface area (Å²) in [5.74, 6) is -0.538. The first-order valence-electron chi connectivity index (χ1n) is 5.99. The molecule has 0 aromatic heterocycles. The topological polar surface area (TPSA) is 41.8 Å². The van der Waals surface area contributed by atoms with Crippen LogP contribution in [0.3, 0.4) is 0 Å². The summed E-state index contributed by atoms with van der Waals surface area (Å²) in [7, 11) is 0. The maximum atomic E-state index is 13.7. The van der Waals surface area contributed by atoms with Crippen molar-refractivity contribution in [1.29, 1.82) is 0 Å². The number of aliphatic imine (C=N–C) groups is 1. The number of hydrogen-bond acceptors (Lipinski definition) is 3. The van der Waals surface area contributed by atoms with E-state index in [2.05, 4.69) is 4.99 Å². The number of halogens is 1. The molecule has 3 nitrogen and oxygen atoms in total. The highest BCUT2D eigenvalue weighted by Gasteiger charge is 2.25. The van der Waals surface area contributed by atoms with Crippen LogP contribution in [0.25, 0.3) is 0 Å². The zero-order valence-corrected chi connectivity index (χ0v) is 10.1. The van der Waals surface area contributed by atoms with Crippen molar-refractivity contribution in [3.05, 3.63) is 65.5 Å². The standard InChI is InChI=1S/C15H12FNO2/c16-11-7-4-8-13(18)14(11)15-17-12(9-19-15)10-5-2-1-3-6-10/h1-8,12,18H,9H2/t12-/m1/s1. The fourth-order valence-corrected chi connectivity index (χ4v) is 2.08. The fraction of sp³-hybridized carbons (Fsp3) is 0.133. The van der Waals surface area contributed by atoms with Crippen LogP contribution in [0, 0.1) is 5.82 Å². The molecule has 0 saturated heterocycles. The minimum absolute atomic E-state index is 0.0286. The highest BCUT2D eigenvalue weighted by Crippen LogP contribution is 2.29. The lowest BCUT2D eigenvalue weighted by molar-refractivity contribution is 0.317. The van der Waals surface area contributed by atoms with E-state index in [0.717, 1.165) is 5.56 Å². The van der Waals surface area contributed by atoms with Crippen LogP contribution in [-0.4, -0.2) is 17.6 Å². The van der Waals surface area contributed by atoms with E-state index in [1.54, 1.807) is 0 Å². The molecule has 1 atom stereocenters. The predicted octanol–water partition coefficient (Wildman–Crippen LogP) is 3.05. The van der Waals surface area contributed by atoms with Gasteiger partial charge in [-0.05, 0) is 17.7 Å². The van der Waals surface area contributed by atoms with Gasteiger partial charge in [-0.25, -0.2) is 9.38 Å². The number of nitrogens with zero attached hydrogens (tertiary/aromatic N) is 1. The molecule has 2 aromatic carbocycles. The maximum absolute atomic E-state index is 13.7. The van der Waals surface area contributed by atoms with E-state index in [0.29, 0.717) is 6.61 Å². The van der Waals surface area contributed by atoms with Crippen molar-refractivity contribution in [3.63, 3.8) is 0 Å². The summed E-state index contributed by atoms with van der Waals surface area (Å²) in [6, 6.07) is 13.6. The Morgan fingerprint density at radius 3 is 2.63 bits per heavy atom. The van der Waals surface area contributed by atoms with Gasteiger partial charge in [0.2, 0.25) is 5.90 Å². The lowest BCUT2D eigenvalue weighted by Gasteiger charge is -2.04. The second kappa shape index (κ2) is 4.72. The summed E-state index contributed by atoms with van der Waals surface area (Å²) in [6.45, 7) is 0.354. The van der Waals surface area contributed by atoms with Gasteiger partial charge in [0.15, 0.2) is 0 Å². The van der Waals surface area contributed by atoms with Crippen LogP contribution in [-0.2, 0) is 4.74 Å². The summed E-state index contributed by atoms with van der Waals surface area (Å²) in [6.07, 6.45) is 0. The molecule has 4 heteroatoms. The normalized spacial score (nSPS) is 17.9. The van der Waals surface area contributed by atoms with Crippen LogP contribution in [0.2, 0.25) is 0 Å². The Kier molecular flexibility index (Phi) is 2.91. The zero-order valence-electron chi connectivity index (χ0n) is 10.1. The Morgan fingerprint density at radius 2 is 1.89 bits per heavy atom. The number of ether oxygens (including phenoxy) is 1.